The third kappa shape index (κ3) is 12.8. The van der Waals surface area contributed by atoms with Crippen molar-refractivity contribution in [1.29, 1.82) is 0 Å². The summed E-state index contributed by atoms with van der Waals surface area (Å²) in [6.07, 6.45) is 1.50. The second-order valence-electron chi connectivity index (χ2n) is 23.7. The number of nitrogens with two attached hydrogens (primary N) is 1. The van der Waals surface area contributed by atoms with Crippen LogP contribution in [0.25, 0.3) is 5.69 Å². The molecule has 4 aliphatic heterocycles. The quantitative estimate of drug-likeness (QED) is 0.0729. The molecule has 85 heavy (non-hydrogen) atoms. The molecule has 6 aromatic rings. The van der Waals surface area contributed by atoms with Gasteiger partial charge in [0.05, 0.1) is 64.5 Å². The first-order valence-corrected chi connectivity index (χ1v) is 29.5. The van der Waals surface area contributed by atoms with Crippen LogP contribution in [0, 0.1) is 17.3 Å². The van der Waals surface area contributed by atoms with Crippen LogP contribution < -0.4 is 40.5 Å². The number of Topliss-reactive ketones (excluding diaryl/α,β-unsaturated/α-hetero) is 1. The Bertz CT molecular complexity index is 3460. The predicted molar refractivity (Wildman–Crippen MR) is 321 cm³/mol. The largest absolute Gasteiger partial charge is 0.494 e. The molecule has 0 spiro atoms. The summed E-state index contributed by atoms with van der Waals surface area (Å²) in [5.41, 5.74) is 8.69. The molecule has 3 saturated heterocycles. The molecule has 0 saturated carbocycles. The van der Waals surface area contributed by atoms with Crippen LogP contribution >= 0.6 is 0 Å². The van der Waals surface area contributed by atoms with Crippen LogP contribution in [0.5, 0.6) is 11.5 Å². The lowest BCUT2D eigenvalue weighted by Crippen LogP contribution is -2.50. The normalized spacial score (nSPS) is 17.9. The highest BCUT2D eigenvalue weighted by Gasteiger charge is 2.46. The molecule has 3 amide bonds. The summed E-state index contributed by atoms with van der Waals surface area (Å²) >= 11 is 0. The Balaban J connectivity index is 0.588. The van der Waals surface area contributed by atoms with Gasteiger partial charge < -0.3 is 55.2 Å². The van der Waals surface area contributed by atoms with Crippen molar-refractivity contribution in [3.8, 4) is 17.2 Å². The molecule has 4 N–H and O–H groups in total. The van der Waals surface area contributed by atoms with E-state index in [2.05, 4.69) is 46.4 Å². The first-order valence-electron chi connectivity index (χ1n) is 29.5. The van der Waals surface area contributed by atoms with Gasteiger partial charge >= 0.3 is 6.18 Å². The van der Waals surface area contributed by atoms with Crippen LogP contribution in [-0.4, -0.2) is 151 Å². The van der Waals surface area contributed by atoms with Gasteiger partial charge in [0, 0.05) is 109 Å². The number of rotatable bonds is 17. The number of nitrogens with zero attached hydrogens (tertiary/aromatic N) is 10. The Labute approximate surface area is 493 Å². The maximum atomic E-state index is 14.1. The summed E-state index contributed by atoms with van der Waals surface area (Å²) in [4.78, 5) is 75.3. The number of nitrogens with one attached hydrogen (secondary N) is 2. The summed E-state index contributed by atoms with van der Waals surface area (Å²) in [5, 5.41) is 10.4. The highest BCUT2D eigenvalue weighted by atomic mass is 19.4. The van der Waals surface area contributed by atoms with Crippen molar-refractivity contribution in [1.82, 2.24) is 34.4 Å². The number of carbonyl (C=O) groups is 4. The summed E-state index contributed by atoms with van der Waals surface area (Å²) in [6.45, 7) is 15.8. The van der Waals surface area contributed by atoms with Crippen molar-refractivity contribution >= 4 is 69.4 Å². The van der Waals surface area contributed by atoms with E-state index in [0.717, 1.165) is 119 Å². The second-order valence-corrected chi connectivity index (χ2v) is 23.7. The molecular weight excluding hydrogens is 1090 g/mol. The molecule has 22 heteroatoms. The second kappa shape index (κ2) is 24.4. The Morgan fingerprint density at radius 2 is 1.48 bits per heavy atom. The highest BCUT2D eigenvalue weighted by Crippen LogP contribution is 2.43. The number of alkyl halides is 3. The van der Waals surface area contributed by atoms with E-state index in [1.807, 2.05) is 93.4 Å². The molecular formula is C63H74F3N13O6. The minimum Gasteiger partial charge on any atom is -0.494 e. The molecule has 3 fully saturated rings. The summed E-state index contributed by atoms with van der Waals surface area (Å²) in [5.74, 6) is 1.71. The number of hydrogen-bond donors (Lipinski definition) is 3. The number of primary amides is 1. The number of ether oxygens (including phenoxy) is 2. The number of anilines is 8. The van der Waals surface area contributed by atoms with Gasteiger partial charge in [-0.1, -0.05) is 26.0 Å². The number of fused-ring (bicyclic) bond motifs is 3. The number of halogens is 3. The van der Waals surface area contributed by atoms with Gasteiger partial charge in [0.15, 0.2) is 17.3 Å². The third-order valence-corrected chi connectivity index (χ3v) is 17.2. The zero-order chi connectivity index (χ0) is 59.7. The Hall–Kier alpha value is -8.24. The lowest BCUT2D eigenvalue weighted by atomic mass is 9.75. The highest BCUT2D eigenvalue weighted by molar-refractivity contribution is 6.13. The van der Waals surface area contributed by atoms with Crippen LogP contribution in [0.3, 0.4) is 0 Å². The number of amides is 3. The van der Waals surface area contributed by atoms with E-state index in [0.29, 0.717) is 65.0 Å². The summed E-state index contributed by atoms with van der Waals surface area (Å²) in [7, 11) is 3.63. The Morgan fingerprint density at radius 3 is 2.20 bits per heavy atom. The molecule has 0 radical (unpaired) electrons. The predicted octanol–water partition coefficient (Wildman–Crippen LogP) is 9.72. The van der Waals surface area contributed by atoms with Crippen molar-refractivity contribution in [2.45, 2.75) is 71.9 Å². The maximum absolute atomic E-state index is 14.1. The first-order chi connectivity index (χ1) is 40.8. The smallest absolute Gasteiger partial charge is 0.435 e. The molecule has 0 bridgehead atoms. The van der Waals surface area contributed by atoms with Gasteiger partial charge in [-0.2, -0.15) is 23.3 Å². The van der Waals surface area contributed by atoms with Crippen molar-refractivity contribution in [3.63, 3.8) is 0 Å². The number of carbonyl (C=O) groups excluding carboxylic acids is 4. The molecule has 448 valence electrons. The molecule has 0 atom stereocenters. The lowest BCUT2D eigenvalue weighted by molar-refractivity contribution is -0.141. The van der Waals surface area contributed by atoms with Crippen molar-refractivity contribution in [2.75, 3.05) is 118 Å². The molecule has 0 unspecified atom stereocenters. The van der Waals surface area contributed by atoms with E-state index in [9.17, 15) is 32.3 Å². The van der Waals surface area contributed by atoms with E-state index in [4.69, 9.17) is 20.2 Å². The Morgan fingerprint density at radius 1 is 0.776 bits per heavy atom. The van der Waals surface area contributed by atoms with Crippen LogP contribution in [0.2, 0.25) is 0 Å². The first kappa shape index (κ1) is 58.5. The number of ketones is 1. The van der Waals surface area contributed by atoms with Gasteiger partial charge in [-0.3, -0.25) is 19.2 Å². The third-order valence-electron chi connectivity index (χ3n) is 17.2. The average molecular weight is 1170 g/mol. The number of piperazine rings is 1. The fraction of sp³-hybridized carbons (Fsp3) is 0.444. The molecule has 2 aromatic heterocycles. The monoisotopic (exact) mass is 1170 g/mol. The number of hydrogen-bond acceptors (Lipinski definition) is 15. The lowest BCUT2D eigenvalue weighted by Gasteiger charge is -2.40. The molecule has 5 aliphatic rings. The van der Waals surface area contributed by atoms with Gasteiger partial charge in [-0.05, 0) is 124 Å². The number of likely N-dealkylation sites (tertiary alicyclic amines) is 1. The van der Waals surface area contributed by atoms with E-state index >= 15 is 0 Å². The summed E-state index contributed by atoms with van der Waals surface area (Å²) in [6, 6.07) is 25.4. The standard InChI is InChI=1S/C63H74F3N13O6/c1-6-84-54-35-43(14-19-49(54)70-61-68-38-52-58(71-61)73(4)50-11-8-7-10-46(50)60(83)74(52)5)77-27-22-41(23-28-77)59(82)78-25-20-40(21-26-78)39-76-31-29-75(30-32-76)24-9-33-85-45-16-12-42(13-17-45)69-48-18-15-44(34-47(48)57(67)81)79-51-36-62(2,3)37-53(80)55(51)56(72-79)63(64,65)66/h7-8,10-19,34-35,38,40-41,69H,6,9,20-33,36-37,39H2,1-5H3,(H2,67,81)(H,68,70,71). The SMILES string of the molecule is CCOc1cc(N2CCC(C(=O)N3CCC(CN4CCN(CCCOc5ccc(Nc6ccc(-n7nc(C(F)(F)F)c8c7CC(C)(C)CC8=O)cc6C(N)=O)cc5)CC4)CC3)CC2)ccc1Nc1ncc2c(n1)N(C)c1ccccc1C(=O)N2C. The van der Waals surface area contributed by atoms with Crippen molar-refractivity contribution in [3.05, 3.63) is 119 Å². The average Bonchev–Trinajstić information content (AvgIpc) is 3.67. The van der Waals surface area contributed by atoms with Crippen LogP contribution in [0.4, 0.5) is 59.1 Å². The number of piperidine rings is 2. The number of aromatic nitrogens is 4. The van der Waals surface area contributed by atoms with Crippen LogP contribution in [0.15, 0.2) is 91.1 Å². The molecule has 11 rings (SSSR count). The van der Waals surface area contributed by atoms with E-state index in [-0.39, 0.29) is 47.5 Å². The summed E-state index contributed by atoms with van der Waals surface area (Å²) < 4.78 is 55.6. The fourth-order valence-electron chi connectivity index (χ4n) is 12.6. The maximum Gasteiger partial charge on any atom is 0.435 e. The van der Waals surface area contributed by atoms with Gasteiger partial charge in [0.2, 0.25) is 11.9 Å². The van der Waals surface area contributed by atoms with Gasteiger partial charge in [-0.15, -0.1) is 0 Å². The molecule has 1 aliphatic carbocycles. The van der Waals surface area contributed by atoms with Gasteiger partial charge in [0.1, 0.15) is 17.2 Å². The van der Waals surface area contributed by atoms with Gasteiger partial charge in [0.25, 0.3) is 11.8 Å². The molecule has 6 heterocycles. The van der Waals surface area contributed by atoms with Crippen LogP contribution in [-0.2, 0) is 17.4 Å². The van der Waals surface area contributed by atoms with E-state index < -0.39 is 34.5 Å². The Kier molecular flexibility index (Phi) is 16.8. The van der Waals surface area contributed by atoms with Crippen molar-refractivity contribution < 1.29 is 41.8 Å². The minimum atomic E-state index is -4.83. The minimum absolute atomic E-state index is 0.0144. The molecule has 4 aromatic carbocycles. The zero-order valence-corrected chi connectivity index (χ0v) is 48.9. The zero-order valence-electron chi connectivity index (χ0n) is 48.9. The fourth-order valence-corrected chi connectivity index (χ4v) is 12.6. The van der Waals surface area contributed by atoms with Crippen molar-refractivity contribution in [2.24, 2.45) is 23.0 Å². The van der Waals surface area contributed by atoms with Gasteiger partial charge in [-0.25, -0.2) is 9.67 Å². The molecule has 19 nitrogen and oxygen atoms in total. The number of benzene rings is 4. The topological polar surface area (TPSA) is 200 Å². The van der Waals surface area contributed by atoms with E-state index in [1.165, 1.54) is 6.07 Å². The van der Waals surface area contributed by atoms with E-state index in [1.54, 1.807) is 30.3 Å². The number of para-hydroxylation sites is 1. The van der Waals surface area contributed by atoms with Crippen LogP contribution in [0.1, 0.15) is 102 Å².